The molecule has 160 valence electrons. The van der Waals surface area contributed by atoms with Gasteiger partial charge in [0.25, 0.3) is 0 Å². The smallest absolute Gasteiger partial charge is 0.139 e. The molecule has 0 saturated heterocycles. The molecule has 0 unspecified atom stereocenters. The van der Waals surface area contributed by atoms with Gasteiger partial charge in [-0.15, -0.1) is 0 Å². The maximum Gasteiger partial charge on any atom is 0.139 e. The van der Waals surface area contributed by atoms with Crippen LogP contribution in [-0.2, 0) is 13.1 Å². The summed E-state index contributed by atoms with van der Waals surface area (Å²) < 4.78 is 7.97. The summed E-state index contributed by atoms with van der Waals surface area (Å²) in [5.41, 5.74) is 13.1. The second-order valence-electron chi connectivity index (χ2n) is 8.24. The van der Waals surface area contributed by atoms with Gasteiger partial charge in [-0.2, -0.15) is 0 Å². The minimum absolute atomic E-state index is 0.601. The first kappa shape index (κ1) is 19.7. The molecule has 1 fully saturated rings. The number of methoxy groups -OCH3 is 1. The predicted octanol–water partition coefficient (Wildman–Crippen LogP) is 4.43. The highest BCUT2D eigenvalue weighted by Gasteiger charge is 2.29. The van der Waals surface area contributed by atoms with Gasteiger partial charge < -0.3 is 25.3 Å². The fourth-order valence-corrected chi connectivity index (χ4v) is 4.34. The third kappa shape index (κ3) is 3.79. The maximum atomic E-state index is 6.09. The van der Waals surface area contributed by atoms with E-state index in [4.69, 9.17) is 15.5 Å². The lowest BCUT2D eigenvalue weighted by Gasteiger charge is -2.32. The summed E-state index contributed by atoms with van der Waals surface area (Å²) in [5, 5.41) is 3.64. The van der Waals surface area contributed by atoms with Crippen molar-refractivity contribution in [1.82, 2.24) is 14.5 Å². The zero-order chi connectivity index (χ0) is 21.4. The Bertz CT molecular complexity index is 1120. The van der Waals surface area contributed by atoms with Crippen LogP contribution in [0, 0.1) is 6.92 Å². The van der Waals surface area contributed by atoms with Crippen molar-refractivity contribution >= 4 is 11.5 Å². The van der Waals surface area contributed by atoms with Crippen molar-refractivity contribution in [2.24, 2.45) is 5.73 Å². The fraction of sp³-hybridized carbons (Fsp3) is 0.320. The highest BCUT2D eigenvalue weighted by atomic mass is 16.5. The first-order valence-electron chi connectivity index (χ1n) is 10.9. The van der Waals surface area contributed by atoms with E-state index >= 15 is 0 Å². The van der Waals surface area contributed by atoms with E-state index in [0.29, 0.717) is 6.54 Å². The number of hydrogen-bond acceptors (Lipinski definition) is 5. The number of imidazole rings is 1. The van der Waals surface area contributed by atoms with E-state index in [-0.39, 0.29) is 0 Å². The highest BCUT2D eigenvalue weighted by Crippen LogP contribution is 2.39. The van der Waals surface area contributed by atoms with Gasteiger partial charge in [-0.1, -0.05) is 29.8 Å². The number of allylic oxidation sites excluding steroid dienone is 1. The molecule has 31 heavy (non-hydrogen) atoms. The molecule has 3 aromatic rings. The molecule has 0 atom stereocenters. The van der Waals surface area contributed by atoms with Crippen LogP contribution < -0.4 is 15.8 Å². The Kier molecular flexibility index (Phi) is 5.16. The number of nitrogens with zero attached hydrogens (tertiary/aromatic N) is 3. The van der Waals surface area contributed by atoms with Crippen molar-refractivity contribution in [3.05, 3.63) is 71.2 Å². The van der Waals surface area contributed by atoms with Crippen molar-refractivity contribution in [2.75, 3.05) is 25.5 Å². The van der Waals surface area contributed by atoms with Crippen molar-refractivity contribution in [2.45, 2.75) is 32.9 Å². The van der Waals surface area contributed by atoms with Crippen molar-refractivity contribution < 1.29 is 4.74 Å². The zero-order valence-electron chi connectivity index (χ0n) is 18.2. The molecule has 2 heterocycles. The van der Waals surface area contributed by atoms with Crippen LogP contribution in [0.25, 0.3) is 11.3 Å². The number of ether oxygens (including phenoxy) is 1. The summed E-state index contributed by atoms with van der Waals surface area (Å²) in [5.74, 6) is 2.88. The minimum atomic E-state index is 0.601. The molecular weight excluding hydrogens is 386 g/mol. The second-order valence-corrected chi connectivity index (χ2v) is 8.24. The zero-order valence-corrected chi connectivity index (χ0v) is 18.2. The Balaban J connectivity index is 1.58. The van der Waals surface area contributed by atoms with Crippen LogP contribution in [0.1, 0.15) is 24.2 Å². The first-order valence-corrected chi connectivity index (χ1v) is 10.9. The third-order valence-electron chi connectivity index (χ3n) is 6.13. The Labute approximate surface area is 183 Å². The van der Waals surface area contributed by atoms with Gasteiger partial charge in [0.2, 0.25) is 0 Å². The van der Waals surface area contributed by atoms with E-state index in [2.05, 4.69) is 52.0 Å². The van der Waals surface area contributed by atoms with Crippen LogP contribution in [0.3, 0.4) is 0 Å². The van der Waals surface area contributed by atoms with Gasteiger partial charge in [-0.05, 0) is 49.6 Å². The fourth-order valence-electron chi connectivity index (χ4n) is 4.34. The van der Waals surface area contributed by atoms with Crippen molar-refractivity contribution in [3.63, 3.8) is 0 Å². The van der Waals surface area contributed by atoms with Gasteiger partial charge in [0, 0.05) is 36.6 Å². The first-order chi connectivity index (χ1) is 15.2. The number of hydrogen-bond donors (Lipinski definition) is 2. The molecule has 1 aliphatic carbocycles. The number of aryl methyl sites for hydroxylation is 1. The quantitative estimate of drug-likeness (QED) is 0.623. The second kappa shape index (κ2) is 8.12. The number of benzene rings is 2. The van der Waals surface area contributed by atoms with Crippen LogP contribution in [-0.4, -0.2) is 34.7 Å². The topological polar surface area (TPSA) is 68.3 Å². The molecule has 1 saturated carbocycles. The summed E-state index contributed by atoms with van der Waals surface area (Å²) in [7, 11) is 1.71. The van der Waals surface area contributed by atoms with Gasteiger partial charge in [-0.3, -0.25) is 0 Å². The summed E-state index contributed by atoms with van der Waals surface area (Å²) in [4.78, 5) is 7.51. The number of aromatic nitrogens is 2. The molecule has 0 bridgehead atoms. The molecule has 0 spiro atoms. The summed E-state index contributed by atoms with van der Waals surface area (Å²) >= 11 is 0. The van der Waals surface area contributed by atoms with Gasteiger partial charge >= 0.3 is 0 Å². The van der Waals surface area contributed by atoms with Gasteiger partial charge in [0.15, 0.2) is 0 Å². The van der Waals surface area contributed by atoms with Crippen LogP contribution in [0.4, 0.5) is 11.5 Å². The Morgan fingerprint density at radius 3 is 2.58 bits per heavy atom. The van der Waals surface area contributed by atoms with Crippen LogP contribution in [0.15, 0.2) is 59.8 Å². The third-order valence-corrected chi connectivity index (χ3v) is 6.13. The molecule has 3 N–H and O–H groups in total. The number of anilines is 2. The molecule has 1 aromatic heterocycles. The Hall–Kier alpha value is -3.25. The van der Waals surface area contributed by atoms with Gasteiger partial charge in [0.1, 0.15) is 23.1 Å². The number of rotatable bonds is 6. The monoisotopic (exact) mass is 415 g/mol. The van der Waals surface area contributed by atoms with E-state index in [1.165, 1.54) is 29.7 Å². The number of nitrogens with two attached hydrogens (primary N) is 1. The van der Waals surface area contributed by atoms with E-state index in [1.54, 1.807) is 7.11 Å². The molecule has 5 rings (SSSR count). The maximum absolute atomic E-state index is 6.09. The van der Waals surface area contributed by atoms with E-state index in [9.17, 15) is 0 Å². The number of fused-ring (bicyclic) bond motifs is 1. The van der Waals surface area contributed by atoms with Crippen LogP contribution in [0.2, 0.25) is 0 Å². The predicted molar refractivity (Wildman–Crippen MR) is 124 cm³/mol. The largest absolute Gasteiger partial charge is 0.496 e. The average molecular weight is 416 g/mol. The molecule has 0 radical (unpaired) electrons. The van der Waals surface area contributed by atoms with E-state index in [1.807, 2.05) is 18.2 Å². The van der Waals surface area contributed by atoms with Gasteiger partial charge in [0.05, 0.1) is 13.7 Å². The molecule has 2 aliphatic rings. The molecule has 6 nitrogen and oxygen atoms in total. The standard InChI is InChI=1S/C25H29N5O/c1-17-7-11-19(12-8-17)27-25-24(20-5-3-4-6-22(20)31-2)28-23-16-29(13-14-30(23)25)21(15-26)18-9-10-18/h3-8,11-12,27H,9-10,13-16,26H2,1-2H3. The number of para-hydroxylation sites is 1. The van der Waals surface area contributed by atoms with Crippen molar-refractivity contribution in [3.8, 4) is 17.0 Å². The average Bonchev–Trinajstić information content (AvgIpc) is 3.57. The molecule has 2 aromatic carbocycles. The lowest BCUT2D eigenvalue weighted by molar-refractivity contribution is 0.270. The molecule has 1 aliphatic heterocycles. The van der Waals surface area contributed by atoms with E-state index < -0.39 is 0 Å². The highest BCUT2D eigenvalue weighted by molar-refractivity contribution is 5.80. The molecule has 6 heteroatoms. The number of nitrogens with one attached hydrogen (secondary N) is 1. The van der Waals surface area contributed by atoms with Crippen LogP contribution in [0.5, 0.6) is 5.75 Å². The lowest BCUT2D eigenvalue weighted by Crippen LogP contribution is -2.36. The summed E-state index contributed by atoms with van der Waals surface area (Å²) in [6, 6.07) is 16.5. The van der Waals surface area contributed by atoms with E-state index in [0.717, 1.165) is 54.0 Å². The normalized spacial score (nSPS) is 14.9. The Morgan fingerprint density at radius 1 is 1.10 bits per heavy atom. The molecular formula is C25H29N5O. The summed E-state index contributed by atoms with van der Waals surface area (Å²) in [6.45, 7) is 5.27. The molecule has 0 amide bonds. The lowest BCUT2D eigenvalue weighted by atomic mass is 10.1. The van der Waals surface area contributed by atoms with Crippen LogP contribution >= 0.6 is 0 Å². The summed E-state index contributed by atoms with van der Waals surface area (Å²) in [6.07, 6.45) is 2.37. The SMILES string of the molecule is COc1ccccc1-c1nc2n(c1Nc1ccc(C)cc1)CCN(C(CN)=C1CC1)C2. The Morgan fingerprint density at radius 2 is 1.87 bits per heavy atom. The van der Waals surface area contributed by atoms with Crippen molar-refractivity contribution in [1.29, 1.82) is 0 Å². The van der Waals surface area contributed by atoms with Gasteiger partial charge in [-0.25, -0.2) is 4.98 Å². The minimum Gasteiger partial charge on any atom is -0.496 e.